The van der Waals surface area contributed by atoms with Crippen molar-refractivity contribution in [3.05, 3.63) is 28.8 Å². The second-order valence-corrected chi connectivity index (χ2v) is 8.31. The summed E-state index contributed by atoms with van der Waals surface area (Å²) in [6.45, 7) is 3.42. The molecule has 6 nitrogen and oxygen atoms in total. The quantitative estimate of drug-likeness (QED) is 0.574. The van der Waals surface area contributed by atoms with E-state index in [0.29, 0.717) is 6.54 Å². The van der Waals surface area contributed by atoms with E-state index in [0.717, 1.165) is 26.1 Å². The molecule has 0 radical (unpaired) electrons. The van der Waals surface area contributed by atoms with E-state index < -0.39 is 16.0 Å². The van der Waals surface area contributed by atoms with E-state index >= 15 is 0 Å². The SMILES string of the molecule is COC(=O)c1cc(S(=O)(=O)NCCCN2CCCCCC2)ccc1Cl. The van der Waals surface area contributed by atoms with Crippen molar-refractivity contribution >= 4 is 27.6 Å². The lowest BCUT2D eigenvalue weighted by atomic mass is 10.2. The Morgan fingerprint density at radius 2 is 1.92 bits per heavy atom. The minimum Gasteiger partial charge on any atom is -0.465 e. The van der Waals surface area contributed by atoms with Crippen LogP contribution in [0.4, 0.5) is 0 Å². The molecule has 1 aliphatic heterocycles. The first-order chi connectivity index (χ1) is 11.9. The van der Waals surface area contributed by atoms with E-state index in [-0.39, 0.29) is 15.5 Å². The molecule has 1 aliphatic rings. The molecule has 1 N–H and O–H groups in total. The number of esters is 1. The van der Waals surface area contributed by atoms with Crippen molar-refractivity contribution in [1.29, 1.82) is 0 Å². The predicted octanol–water partition coefficient (Wildman–Crippen LogP) is 2.67. The fourth-order valence-electron chi connectivity index (χ4n) is 2.89. The molecule has 0 aliphatic carbocycles. The first kappa shape index (κ1) is 20.2. The number of carbonyl (C=O) groups is 1. The van der Waals surface area contributed by atoms with Gasteiger partial charge in [0.25, 0.3) is 0 Å². The smallest absolute Gasteiger partial charge is 0.339 e. The molecule has 2 rings (SSSR count). The fourth-order valence-corrected chi connectivity index (χ4v) is 4.18. The van der Waals surface area contributed by atoms with Crippen LogP contribution in [0.1, 0.15) is 42.5 Å². The molecule has 0 amide bonds. The molecule has 0 saturated carbocycles. The molecule has 0 aromatic heterocycles. The number of nitrogens with zero attached hydrogens (tertiary/aromatic N) is 1. The number of hydrogen-bond acceptors (Lipinski definition) is 5. The van der Waals surface area contributed by atoms with Crippen LogP contribution in [0, 0.1) is 0 Å². The number of hydrogen-bond donors (Lipinski definition) is 1. The van der Waals surface area contributed by atoms with E-state index in [4.69, 9.17) is 11.6 Å². The molecular formula is C17H25ClN2O4S. The van der Waals surface area contributed by atoms with Gasteiger partial charge in [-0.15, -0.1) is 0 Å². The lowest BCUT2D eigenvalue weighted by Crippen LogP contribution is -2.30. The van der Waals surface area contributed by atoms with E-state index in [1.807, 2.05) is 0 Å². The summed E-state index contributed by atoms with van der Waals surface area (Å²) < 4.78 is 32.0. The summed E-state index contributed by atoms with van der Waals surface area (Å²) in [5, 5.41) is 0.159. The molecule has 1 fully saturated rings. The summed E-state index contributed by atoms with van der Waals surface area (Å²) in [5.74, 6) is -0.664. The second-order valence-electron chi connectivity index (χ2n) is 6.14. The third-order valence-corrected chi connectivity index (χ3v) is 6.08. The highest BCUT2D eigenvalue weighted by atomic mass is 35.5. The van der Waals surface area contributed by atoms with Gasteiger partial charge in [-0.2, -0.15) is 0 Å². The molecule has 140 valence electrons. The van der Waals surface area contributed by atoms with Gasteiger partial charge in [-0.1, -0.05) is 24.4 Å². The van der Waals surface area contributed by atoms with Crippen LogP contribution in [-0.4, -0.2) is 52.6 Å². The Bertz CT molecular complexity index is 686. The summed E-state index contributed by atoms with van der Waals surface area (Å²) in [6.07, 6.45) is 5.74. The third kappa shape index (κ3) is 5.95. The first-order valence-corrected chi connectivity index (χ1v) is 10.4. The highest BCUT2D eigenvalue weighted by Crippen LogP contribution is 2.21. The largest absolute Gasteiger partial charge is 0.465 e. The summed E-state index contributed by atoms with van der Waals surface area (Å²) in [5.41, 5.74) is 0.0385. The van der Waals surface area contributed by atoms with Gasteiger partial charge in [0.1, 0.15) is 0 Å². The monoisotopic (exact) mass is 388 g/mol. The van der Waals surface area contributed by atoms with E-state index in [1.54, 1.807) is 0 Å². The lowest BCUT2D eigenvalue weighted by molar-refractivity contribution is 0.0600. The Balaban J connectivity index is 1.91. The molecule has 1 aromatic rings. The summed E-state index contributed by atoms with van der Waals surface area (Å²) in [7, 11) is -2.46. The molecule has 8 heteroatoms. The zero-order valence-electron chi connectivity index (χ0n) is 14.5. The molecule has 1 aromatic carbocycles. The zero-order chi connectivity index (χ0) is 18.3. The Hall–Kier alpha value is -1.15. The molecule has 0 spiro atoms. The Labute approximate surface area is 154 Å². The number of nitrogens with one attached hydrogen (secondary N) is 1. The van der Waals surface area contributed by atoms with Crippen LogP contribution < -0.4 is 4.72 Å². The molecule has 25 heavy (non-hydrogen) atoms. The number of likely N-dealkylation sites (tertiary alicyclic amines) is 1. The van der Waals surface area contributed by atoms with Crippen LogP contribution in [0.2, 0.25) is 5.02 Å². The maximum atomic E-state index is 12.4. The topological polar surface area (TPSA) is 75.7 Å². The van der Waals surface area contributed by atoms with Gasteiger partial charge >= 0.3 is 5.97 Å². The van der Waals surface area contributed by atoms with Crippen LogP contribution in [0.15, 0.2) is 23.1 Å². The predicted molar refractivity (Wildman–Crippen MR) is 97.5 cm³/mol. The first-order valence-electron chi connectivity index (χ1n) is 8.54. The Morgan fingerprint density at radius 1 is 1.24 bits per heavy atom. The van der Waals surface area contributed by atoms with Crippen molar-refractivity contribution in [3.8, 4) is 0 Å². The minimum atomic E-state index is -3.69. The Kier molecular flexibility index (Phi) is 7.68. The van der Waals surface area contributed by atoms with Crippen LogP contribution in [0.5, 0.6) is 0 Å². The van der Waals surface area contributed by atoms with Gasteiger partial charge in [-0.25, -0.2) is 17.9 Å². The highest BCUT2D eigenvalue weighted by Gasteiger charge is 2.19. The van der Waals surface area contributed by atoms with Gasteiger partial charge in [0.15, 0.2) is 0 Å². The van der Waals surface area contributed by atoms with Crippen LogP contribution in [-0.2, 0) is 14.8 Å². The van der Waals surface area contributed by atoms with Crippen molar-refractivity contribution in [1.82, 2.24) is 9.62 Å². The number of carbonyl (C=O) groups excluding carboxylic acids is 1. The van der Waals surface area contributed by atoms with Gasteiger partial charge in [0.05, 0.1) is 22.6 Å². The number of sulfonamides is 1. The van der Waals surface area contributed by atoms with E-state index in [1.165, 1.54) is 51.0 Å². The summed E-state index contributed by atoms with van der Waals surface area (Å²) in [6, 6.07) is 4.01. The highest BCUT2D eigenvalue weighted by molar-refractivity contribution is 7.89. The summed E-state index contributed by atoms with van der Waals surface area (Å²) in [4.78, 5) is 14.0. The van der Waals surface area contributed by atoms with Crippen LogP contribution in [0.25, 0.3) is 0 Å². The van der Waals surface area contributed by atoms with E-state index in [9.17, 15) is 13.2 Å². The van der Waals surface area contributed by atoms with Crippen molar-refractivity contribution in [3.63, 3.8) is 0 Å². The van der Waals surface area contributed by atoms with Crippen LogP contribution in [0.3, 0.4) is 0 Å². The van der Waals surface area contributed by atoms with Crippen LogP contribution >= 0.6 is 11.6 Å². The average molecular weight is 389 g/mol. The van der Waals surface area contributed by atoms with Gasteiger partial charge in [-0.05, 0) is 57.1 Å². The van der Waals surface area contributed by atoms with Crippen molar-refractivity contribution < 1.29 is 17.9 Å². The third-order valence-electron chi connectivity index (χ3n) is 4.30. The number of methoxy groups -OCH3 is 1. The molecule has 0 atom stereocenters. The number of rotatable bonds is 7. The number of halogens is 1. The Morgan fingerprint density at radius 3 is 2.56 bits per heavy atom. The molecule has 0 unspecified atom stereocenters. The molecule has 1 heterocycles. The van der Waals surface area contributed by atoms with Gasteiger partial charge in [0.2, 0.25) is 10.0 Å². The zero-order valence-corrected chi connectivity index (χ0v) is 16.0. The van der Waals surface area contributed by atoms with Gasteiger partial charge in [-0.3, -0.25) is 0 Å². The van der Waals surface area contributed by atoms with Gasteiger partial charge in [0, 0.05) is 6.54 Å². The maximum Gasteiger partial charge on any atom is 0.339 e. The average Bonchev–Trinajstić information content (AvgIpc) is 2.87. The molecule has 1 saturated heterocycles. The van der Waals surface area contributed by atoms with E-state index in [2.05, 4.69) is 14.4 Å². The standard InChI is InChI=1S/C17H25ClN2O4S/c1-24-17(21)15-13-14(7-8-16(15)18)25(22,23)19-9-6-12-20-10-4-2-3-5-11-20/h7-8,13,19H,2-6,9-12H2,1H3. The fraction of sp³-hybridized carbons (Fsp3) is 0.588. The van der Waals surface area contributed by atoms with Crippen molar-refractivity contribution in [2.75, 3.05) is 33.3 Å². The van der Waals surface area contributed by atoms with Crippen molar-refractivity contribution in [2.24, 2.45) is 0 Å². The normalized spacial score (nSPS) is 16.4. The molecule has 0 bridgehead atoms. The lowest BCUT2D eigenvalue weighted by Gasteiger charge is -2.19. The summed E-state index contributed by atoms with van der Waals surface area (Å²) >= 11 is 5.92. The van der Waals surface area contributed by atoms with Gasteiger partial charge < -0.3 is 9.64 Å². The molecular weight excluding hydrogens is 364 g/mol. The number of ether oxygens (including phenoxy) is 1. The van der Waals surface area contributed by atoms with Crippen molar-refractivity contribution in [2.45, 2.75) is 37.0 Å². The second kappa shape index (κ2) is 9.52. The maximum absolute atomic E-state index is 12.4. The number of benzene rings is 1. The minimum absolute atomic E-state index is 0.00655.